The van der Waals surface area contributed by atoms with Crippen LogP contribution in [-0.2, 0) is 10.0 Å². The SMILES string of the molecule is O=S(=O)(Nc1cc(F)c(Cl)cc1F)c1c[nH]c2cc(OC(F)C(F)F)ccc12. The topological polar surface area (TPSA) is 71.2 Å². The molecular weight excluding hydrogens is 431 g/mol. The summed E-state index contributed by atoms with van der Waals surface area (Å²) in [4.78, 5) is 2.22. The maximum Gasteiger partial charge on any atom is 0.304 e. The van der Waals surface area contributed by atoms with E-state index in [9.17, 15) is 30.4 Å². The molecule has 0 aliphatic rings. The van der Waals surface area contributed by atoms with E-state index < -0.39 is 45.2 Å². The van der Waals surface area contributed by atoms with Gasteiger partial charge in [-0.2, -0.15) is 4.39 Å². The van der Waals surface area contributed by atoms with E-state index in [1.165, 1.54) is 6.07 Å². The molecule has 28 heavy (non-hydrogen) atoms. The highest BCUT2D eigenvalue weighted by molar-refractivity contribution is 7.93. The Balaban J connectivity index is 1.93. The number of benzene rings is 2. The number of anilines is 1. The van der Waals surface area contributed by atoms with Crippen LogP contribution in [0.3, 0.4) is 0 Å². The van der Waals surface area contributed by atoms with Crippen molar-refractivity contribution in [3.63, 3.8) is 0 Å². The Morgan fingerprint density at radius 2 is 1.79 bits per heavy atom. The van der Waals surface area contributed by atoms with E-state index >= 15 is 0 Å². The molecule has 1 unspecified atom stereocenters. The lowest BCUT2D eigenvalue weighted by molar-refractivity contribution is -0.0668. The number of fused-ring (bicyclic) bond motifs is 1. The zero-order valence-electron chi connectivity index (χ0n) is 13.5. The molecule has 2 N–H and O–H groups in total. The van der Waals surface area contributed by atoms with Crippen LogP contribution in [0.25, 0.3) is 10.9 Å². The molecule has 0 fully saturated rings. The first kappa shape index (κ1) is 20.2. The van der Waals surface area contributed by atoms with E-state index in [-0.39, 0.29) is 21.5 Å². The maximum absolute atomic E-state index is 13.9. The molecule has 0 bridgehead atoms. The highest BCUT2D eigenvalue weighted by Crippen LogP contribution is 2.30. The van der Waals surface area contributed by atoms with E-state index in [1.54, 1.807) is 0 Å². The average Bonchev–Trinajstić information content (AvgIpc) is 3.03. The van der Waals surface area contributed by atoms with Crippen molar-refractivity contribution in [1.29, 1.82) is 0 Å². The van der Waals surface area contributed by atoms with Gasteiger partial charge in [-0.05, 0) is 18.2 Å². The number of hydrogen-bond donors (Lipinski definition) is 2. The maximum atomic E-state index is 13.9. The fourth-order valence-electron chi connectivity index (χ4n) is 2.36. The van der Waals surface area contributed by atoms with E-state index in [2.05, 4.69) is 9.72 Å². The van der Waals surface area contributed by atoms with Crippen LogP contribution in [0, 0.1) is 11.6 Å². The summed E-state index contributed by atoms with van der Waals surface area (Å²) in [5.74, 6) is -2.38. The van der Waals surface area contributed by atoms with Crippen LogP contribution in [-0.4, -0.2) is 26.2 Å². The van der Waals surface area contributed by atoms with Crippen LogP contribution in [0.1, 0.15) is 0 Å². The van der Waals surface area contributed by atoms with Gasteiger partial charge in [0.1, 0.15) is 22.3 Å². The van der Waals surface area contributed by atoms with Gasteiger partial charge in [-0.15, -0.1) is 0 Å². The van der Waals surface area contributed by atoms with Gasteiger partial charge in [-0.25, -0.2) is 26.0 Å². The molecule has 1 heterocycles. The second-order valence-electron chi connectivity index (χ2n) is 5.52. The predicted molar refractivity (Wildman–Crippen MR) is 92.0 cm³/mol. The van der Waals surface area contributed by atoms with Crippen LogP contribution >= 0.6 is 11.6 Å². The van der Waals surface area contributed by atoms with Gasteiger partial charge in [0.15, 0.2) is 0 Å². The van der Waals surface area contributed by atoms with E-state index in [0.717, 1.165) is 18.3 Å². The number of nitrogens with one attached hydrogen (secondary N) is 2. The summed E-state index contributed by atoms with van der Waals surface area (Å²) < 4.78 is 96.2. The summed E-state index contributed by atoms with van der Waals surface area (Å²) in [6, 6.07) is 4.59. The molecule has 12 heteroatoms. The second kappa shape index (κ2) is 7.47. The molecule has 3 aromatic rings. The van der Waals surface area contributed by atoms with Crippen molar-refractivity contribution in [2.24, 2.45) is 0 Å². The average molecular weight is 441 g/mol. The van der Waals surface area contributed by atoms with Crippen molar-refractivity contribution in [2.75, 3.05) is 4.72 Å². The Kier molecular flexibility index (Phi) is 5.39. The number of aromatic nitrogens is 1. The summed E-state index contributed by atoms with van der Waals surface area (Å²) in [6.07, 6.45) is -5.16. The van der Waals surface area contributed by atoms with Crippen LogP contribution in [0.4, 0.5) is 27.6 Å². The van der Waals surface area contributed by atoms with Gasteiger partial charge in [0.25, 0.3) is 16.4 Å². The number of H-pyrrole nitrogens is 1. The molecule has 1 atom stereocenters. The lowest BCUT2D eigenvalue weighted by Gasteiger charge is -2.11. The van der Waals surface area contributed by atoms with Gasteiger partial charge in [0, 0.05) is 23.7 Å². The molecule has 0 saturated carbocycles. The van der Waals surface area contributed by atoms with Gasteiger partial charge in [0.05, 0.1) is 16.2 Å². The Hall–Kier alpha value is -2.53. The Bertz CT molecular complexity index is 1140. The van der Waals surface area contributed by atoms with Crippen molar-refractivity contribution in [3.05, 3.63) is 53.2 Å². The second-order valence-corrected chi connectivity index (χ2v) is 7.57. The molecule has 3 rings (SSSR count). The third-order valence-corrected chi connectivity index (χ3v) is 5.30. The largest absolute Gasteiger partial charge is 0.454 e. The molecule has 0 radical (unpaired) electrons. The Morgan fingerprint density at radius 3 is 2.46 bits per heavy atom. The quantitative estimate of drug-likeness (QED) is 0.425. The van der Waals surface area contributed by atoms with Crippen molar-refractivity contribution in [2.45, 2.75) is 17.7 Å². The molecule has 0 aliphatic heterocycles. The van der Waals surface area contributed by atoms with Gasteiger partial charge in [0.2, 0.25) is 0 Å². The van der Waals surface area contributed by atoms with Gasteiger partial charge >= 0.3 is 6.43 Å². The molecule has 0 aliphatic carbocycles. The molecule has 5 nitrogen and oxygen atoms in total. The van der Waals surface area contributed by atoms with E-state index in [1.807, 2.05) is 4.72 Å². The minimum atomic E-state index is -4.36. The first-order valence-corrected chi connectivity index (χ1v) is 9.32. The normalized spacial score (nSPS) is 13.1. The number of aromatic amines is 1. The lowest BCUT2D eigenvalue weighted by atomic mass is 10.2. The van der Waals surface area contributed by atoms with E-state index in [0.29, 0.717) is 12.1 Å². The fraction of sp³-hybridized carbons (Fsp3) is 0.125. The standard InChI is InChI=1S/C16H10ClF5N2O3S/c17-9-4-11(19)13(5-10(9)18)24-28(25,26)14-6-23-12-3-7(1-2-8(12)14)27-16(22)15(20)21/h1-6,15-16,23-24H. The minimum absolute atomic E-state index is 0.0853. The molecule has 2 aromatic carbocycles. The van der Waals surface area contributed by atoms with Crippen LogP contribution in [0.5, 0.6) is 5.75 Å². The highest BCUT2D eigenvalue weighted by atomic mass is 35.5. The minimum Gasteiger partial charge on any atom is -0.454 e. The highest BCUT2D eigenvalue weighted by Gasteiger charge is 2.24. The Morgan fingerprint density at radius 1 is 1.07 bits per heavy atom. The summed E-state index contributed by atoms with van der Waals surface area (Å²) >= 11 is 5.42. The summed E-state index contributed by atoms with van der Waals surface area (Å²) in [6.45, 7) is 0. The number of ether oxygens (including phenoxy) is 1. The predicted octanol–water partition coefficient (Wildman–Crippen LogP) is 4.84. The van der Waals surface area contributed by atoms with Crippen molar-refractivity contribution in [1.82, 2.24) is 4.98 Å². The van der Waals surface area contributed by atoms with E-state index in [4.69, 9.17) is 11.6 Å². The zero-order valence-corrected chi connectivity index (χ0v) is 15.1. The third-order valence-electron chi connectivity index (χ3n) is 3.61. The Labute approximate surface area is 160 Å². The van der Waals surface area contributed by atoms with Gasteiger partial charge in [-0.1, -0.05) is 11.6 Å². The number of hydrogen-bond acceptors (Lipinski definition) is 3. The smallest absolute Gasteiger partial charge is 0.304 e. The number of halogens is 6. The monoisotopic (exact) mass is 440 g/mol. The first-order chi connectivity index (χ1) is 13.1. The number of sulfonamides is 1. The van der Waals surface area contributed by atoms with Crippen molar-refractivity contribution >= 4 is 38.2 Å². The number of alkyl halides is 3. The first-order valence-electron chi connectivity index (χ1n) is 7.46. The molecule has 1 aromatic heterocycles. The summed E-state index contributed by atoms with van der Waals surface area (Å²) in [5.41, 5.74) is -0.532. The number of rotatable bonds is 6. The van der Waals surface area contributed by atoms with Crippen LogP contribution in [0.2, 0.25) is 5.02 Å². The van der Waals surface area contributed by atoms with Crippen molar-refractivity contribution in [3.8, 4) is 5.75 Å². The van der Waals surface area contributed by atoms with Crippen LogP contribution < -0.4 is 9.46 Å². The molecule has 0 saturated heterocycles. The summed E-state index contributed by atoms with van der Waals surface area (Å²) in [7, 11) is -4.36. The lowest BCUT2D eigenvalue weighted by Crippen LogP contribution is -2.19. The summed E-state index contributed by atoms with van der Waals surface area (Å²) in [5, 5.41) is -0.433. The molecular formula is C16H10ClF5N2O3S. The molecule has 150 valence electrons. The molecule has 0 spiro atoms. The van der Waals surface area contributed by atoms with Gasteiger partial charge in [-0.3, -0.25) is 4.72 Å². The fourth-order valence-corrected chi connectivity index (χ4v) is 3.74. The van der Waals surface area contributed by atoms with Gasteiger partial charge < -0.3 is 9.72 Å². The zero-order chi connectivity index (χ0) is 20.6. The van der Waals surface area contributed by atoms with Crippen molar-refractivity contribution < 1.29 is 35.1 Å². The molecule has 0 amide bonds. The van der Waals surface area contributed by atoms with Crippen LogP contribution in [0.15, 0.2) is 41.4 Å². The third kappa shape index (κ3) is 3.99.